The van der Waals surface area contributed by atoms with Crippen molar-refractivity contribution in [1.82, 2.24) is 4.90 Å². The number of rotatable bonds is 5. The summed E-state index contributed by atoms with van der Waals surface area (Å²) in [7, 11) is 1.78. The highest BCUT2D eigenvalue weighted by molar-refractivity contribution is 6.35. The Hall–Kier alpha value is -0.770. The van der Waals surface area contributed by atoms with Gasteiger partial charge in [0, 0.05) is 29.1 Å². The van der Waals surface area contributed by atoms with Crippen LogP contribution >= 0.6 is 23.2 Å². The molecule has 5 heteroatoms. The fourth-order valence-electron chi connectivity index (χ4n) is 1.87. The lowest BCUT2D eigenvalue weighted by atomic mass is 9.99. The Morgan fingerprint density at radius 3 is 2.50 bits per heavy atom. The molecule has 0 aliphatic carbocycles. The minimum Gasteiger partial charge on any atom is -0.339 e. The third-order valence-electron chi connectivity index (χ3n) is 3.37. The molecule has 0 heterocycles. The van der Waals surface area contributed by atoms with Crippen LogP contribution in [0, 0.1) is 0 Å². The minimum atomic E-state index is -0.336. The molecule has 0 fully saturated rings. The van der Waals surface area contributed by atoms with Gasteiger partial charge in [-0.05, 0) is 44.9 Å². The van der Waals surface area contributed by atoms with E-state index in [9.17, 15) is 4.79 Å². The van der Waals surface area contributed by atoms with Crippen molar-refractivity contribution >= 4 is 29.1 Å². The van der Waals surface area contributed by atoms with E-state index in [2.05, 4.69) is 0 Å². The average Bonchev–Trinajstić information content (AvgIpc) is 2.33. The van der Waals surface area contributed by atoms with Crippen LogP contribution in [0.3, 0.4) is 0 Å². The van der Waals surface area contributed by atoms with E-state index >= 15 is 0 Å². The standard InChI is InChI=1S/C15H22Cl2N2O/c1-10(12-6-5-11(16)9-13(12)17)19(4)14(20)7-8-15(2,3)18/h5-6,9-10H,7-8,18H2,1-4H3. The summed E-state index contributed by atoms with van der Waals surface area (Å²) < 4.78 is 0. The van der Waals surface area contributed by atoms with Gasteiger partial charge in [-0.3, -0.25) is 4.79 Å². The Balaban J connectivity index is 2.75. The molecule has 0 spiro atoms. The molecule has 2 N–H and O–H groups in total. The Bertz CT molecular complexity index is 483. The summed E-state index contributed by atoms with van der Waals surface area (Å²) in [6.07, 6.45) is 1.08. The highest BCUT2D eigenvalue weighted by Crippen LogP contribution is 2.29. The Morgan fingerprint density at radius 2 is 2.00 bits per heavy atom. The molecule has 3 nitrogen and oxygen atoms in total. The van der Waals surface area contributed by atoms with E-state index in [1.807, 2.05) is 26.8 Å². The van der Waals surface area contributed by atoms with Gasteiger partial charge in [0.15, 0.2) is 0 Å². The maximum absolute atomic E-state index is 12.2. The molecule has 20 heavy (non-hydrogen) atoms. The number of carbonyl (C=O) groups is 1. The maximum Gasteiger partial charge on any atom is 0.222 e. The van der Waals surface area contributed by atoms with Gasteiger partial charge in [0.25, 0.3) is 0 Å². The molecule has 0 aliphatic rings. The largest absolute Gasteiger partial charge is 0.339 e. The van der Waals surface area contributed by atoms with Gasteiger partial charge in [0.05, 0.1) is 6.04 Å². The number of carbonyl (C=O) groups excluding carboxylic acids is 1. The number of nitrogens with two attached hydrogens (primary N) is 1. The fourth-order valence-corrected chi connectivity index (χ4v) is 2.44. The van der Waals surface area contributed by atoms with Crippen molar-refractivity contribution in [3.05, 3.63) is 33.8 Å². The molecule has 1 rings (SSSR count). The summed E-state index contributed by atoms with van der Waals surface area (Å²) in [4.78, 5) is 13.9. The second-order valence-electron chi connectivity index (χ2n) is 5.84. The molecule has 1 aromatic carbocycles. The van der Waals surface area contributed by atoms with Gasteiger partial charge >= 0.3 is 0 Å². The van der Waals surface area contributed by atoms with Crippen molar-refractivity contribution in [1.29, 1.82) is 0 Å². The highest BCUT2D eigenvalue weighted by atomic mass is 35.5. The Morgan fingerprint density at radius 1 is 1.40 bits per heavy atom. The number of hydrogen-bond acceptors (Lipinski definition) is 2. The average molecular weight is 317 g/mol. The van der Waals surface area contributed by atoms with E-state index in [0.717, 1.165) is 5.56 Å². The van der Waals surface area contributed by atoms with Crippen molar-refractivity contribution in [2.24, 2.45) is 5.73 Å². The summed E-state index contributed by atoms with van der Waals surface area (Å²) >= 11 is 12.1. The van der Waals surface area contributed by atoms with Crippen LogP contribution in [0.4, 0.5) is 0 Å². The summed E-state index contributed by atoms with van der Waals surface area (Å²) in [5, 5.41) is 1.16. The molecule has 0 saturated carbocycles. The third kappa shape index (κ3) is 4.97. The number of hydrogen-bond donors (Lipinski definition) is 1. The van der Waals surface area contributed by atoms with Crippen molar-refractivity contribution in [3.8, 4) is 0 Å². The van der Waals surface area contributed by atoms with E-state index in [4.69, 9.17) is 28.9 Å². The number of benzene rings is 1. The predicted molar refractivity (Wildman–Crippen MR) is 85.1 cm³/mol. The van der Waals surface area contributed by atoms with E-state index in [0.29, 0.717) is 22.9 Å². The van der Waals surface area contributed by atoms with Gasteiger partial charge < -0.3 is 10.6 Å². The monoisotopic (exact) mass is 316 g/mol. The zero-order chi connectivity index (χ0) is 15.5. The first-order chi connectivity index (χ1) is 9.11. The van der Waals surface area contributed by atoms with Crippen LogP contribution in [0.2, 0.25) is 10.0 Å². The summed E-state index contributed by atoms with van der Waals surface area (Å²) in [6, 6.07) is 5.22. The van der Waals surface area contributed by atoms with Crippen molar-refractivity contribution < 1.29 is 4.79 Å². The first kappa shape index (κ1) is 17.3. The molecular weight excluding hydrogens is 295 g/mol. The van der Waals surface area contributed by atoms with Crippen LogP contribution in [0.15, 0.2) is 18.2 Å². The van der Waals surface area contributed by atoms with E-state index in [1.165, 1.54) is 0 Å². The van der Waals surface area contributed by atoms with Crippen molar-refractivity contribution in [2.75, 3.05) is 7.05 Å². The summed E-state index contributed by atoms with van der Waals surface area (Å²) in [6.45, 7) is 5.78. The van der Waals surface area contributed by atoms with Gasteiger partial charge in [0.1, 0.15) is 0 Å². The fraction of sp³-hybridized carbons (Fsp3) is 0.533. The van der Waals surface area contributed by atoms with Gasteiger partial charge in [-0.1, -0.05) is 29.3 Å². The minimum absolute atomic E-state index is 0.0574. The molecule has 0 aromatic heterocycles. The molecule has 0 saturated heterocycles. The van der Waals surface area contributed by atoms with E-state index in [-0.39, 0.29) is 17.5 Å². The zero-order valence-electron chi connectivity index (χ0n) is 12.4. The molecule has 1 aromatic rings. The lowest BCUT2D eigenvalue weighted by Gasteiger charge is -2.27. The normalized spacial score (nSPS) is 13.2. The van der Waals surface area contributed by atoms with Crippen LogP contribution in [0.1, 0.15) is 45.2 Å². The molecule has 1 unspecified atom stereocenters. The van der Waals surface area contributed by atoms with E-state index in [1.54, 1.807) is 24.1 Å². The first-order valence-electron chi connectivity index (χ1n) is 6.61. The van der Waals surface area contributed by atoms with Crippen LogP contribution < -0.4 is 5.73 Å². The summed E-state index contributed by atoms with van der Waals surface area (Å²) in [5.74, 6) is 0.0574. The van der Waals surface area contributed by atoms with E-state index < -0.39 is 0 Å². The molecule has 1 amide bonds. The SMILES string of the molecule is CC(c1ccc(Cl)cc1Cl)N(C)C(=O)CCC(C)(C)N. The zero-order valence-corrected chi connectivity index (χ0v) is 13.9. The number of halogens is 2. The van der Waals surface area contributed by atoms with Gasteiger partial charge in [-0.2, -0.15) is 0 Å². The van der Waals surface area contributed by atoms with Crippen LogP contribution in [-0.2, 0) is 4.79 Å². The molecular formula is C15H22Cl2N2O. The molecule has 0 radical (unpaired) electrons. The Kier molecular flexibility index (Phi) is 5.87. The van der Waals surface area contributed by atoms with Crippen LogP contribution in [0.25, 0.3) is 0 Å². The number of nitrogens with zero attached hydrogens (tertiary/aromatic N) is 1. The second kappa shape index (κ2) is 6.79. The lowest BCUT2D eigenvalue weighted by molar-refractivity contribution is -0.132. The van der Waals surface area contributed by atoms with Crippen LogP contribution in [-0.4, -0.2) is 23.4 Å². The molecule has 0 aliphatic heterocycles. The Labute approximate surface area is 131 Å². The van der Waals surface area contributed by atoms with Gasteiger partial charge in [-0.15, -0.1) is 0 Å². The quantitative estimate of drug-likeness (QED) is 0.891. The molecule has 0 bridgehead atoms. The first-order valence-corrected chi connectivity index (χ1v) is 7.37. The third-order valence-corrected chi connectivity index (χ3v) is 3.93. The smallest absolute Gasteiger partial charge is 0.222 e. The molecule has 112 valence electrons. The second-order valence-corrected chi connectivity index (χ2v) is 6.68. The lowest BCUT2D eigenvalue weighted by Crippen LogP contribution is -2.35. The van der Waals surface area contributed by atoms with Gasteiger partial charge in [-0.25, -0.2) is 0 Å². The maximum atomic E-state index is 12.2. The van der Waals surface area contributed by atoms with Crippen LogP contribution in [0.5, 0.6) is 0 Å². The molecule has 1 atom stereocenters. The highest BCUT2D eigenvalue weighted by Gasteiger charge is 2.21. The topological polar surface area (TPSA) is 46.3 Å². The number of amides is 1. The van der Waals surface area contributed by atoms with Crippen molar-refractivity contribution in [3.63, 3.8) is 0 Å². The predicted octanol–water partition coefficient (Wildman–Crippen LogP) is 4.03. The van der Waals surface area contributed by atoms with Gasteiger partial charge in [0.2, 0.25) is 5.91 Å². The summed E-state index contributed by atoms with van der Waals surface area (Å²) in [5.41, 5.74) is 6.46. The van der Waals surface area contributed by atoms with Crippen molar-refractivity contribution in [2.45, 2.75) is 45.2 Å².